The largest absolute Gasteiger partial charge is 0.309 e. The van der Waals surface area contributed by atoms with Gasteiger partial charge in [0.25, 0.3) is 0 Å². The Morgan fingerprint density at radius 2 is 1.01 bits per heavy atom. The lowest BCUT2D eigenvalue weighted by Gasteiger charge is -2.13. The van der Waals surface area contributed by atoms with Crippen molar-refractivity contribution in [2.45, 2.75) is 0 Å². The number of rotatable bonds is 6. The number of hydrogen-bond acceptors (Lipinski definition) is 3. The molecule has 0 aliphatic rings. The van der Waals surface area contributed by atoms with Gasteiger partial charge in [0.15, 0.2) is 0 Å². The maximum atomic E-state index is 5.70. The van der Waals surface area contributed by atoms with Crippen LogP contribution in [0.2, 0.25) is 0 Å². The lowest BCUT2D eigenvalue weighted by atomic mass is 9.97. The average Bonchev–Trinajstić information content (AvgIpc) is 4.08. The molecule has 0 unspecified atom stereocenters. The van der Waals surface area contributed by atoms with Crippen LogP contribution in [-0.2, 0) is 0 Å². The van der Waals surface area contributed by atoms with Gasteiger partial charge in [-0.2, -0.15) is 0 Å². The third-order valence-corrected chi connectivity index (χ3v) is 14.8. The quantitative estimate of drug-likeness (QED) is 0.167. The molecule has 0 N–H and O–H groups in total. The number of hydrogen-bond donors (Lipinski definition) is 0. The number of benzene rings is 10. The highest BCUT2D eigenvalue weighted by molar-refractivity contribution is 7.24. The molecule has 4 heterocycles. The van der Waals surface area contributed by atoms with Crippen molar-refractivity contribution < 1.29 is 0 Å². The van der Waals surface area contributed by atoms with Crippen molar-refractivity contribution >= 4 is 86.7 Å². The van der Waals surface area contributed by atoms with Crippen LogP contribution >= 0.6 is 11.3 Å². The van der Waals surface area contributed by atoms with Gasteiger partial charge in [0.05, 0.1) is 33.3 Å². The lowest BCUT2D eigenvalue weighted by Crippen LogP contribution is -2.04. The summed E-state index contributed by atoms with van der Waals surface area (Å²) in [5, 5.41) is 9.38. The Hall–Kier alpha value is -8.64. The summed E-state index contributed by atoms with van der Waals surface area (Å²) in [5.41, 5.74) is 14.5. The van der Waals surface area contributed by atoms with Crippen LogP contribution in [0.25, 0.3) is 131 Å². The number of fused-ring (bicyclic) bond motifs is 11. The molecule has 0 bridgehead atoms. The molecule has 0 atom stereocenters. The van der Waals surface area contributed by atoms with Gasteiger partial charge in [-0.05, 0) is 70.1 Å². The van der Waals surface area contributed by atoms with Gasteiger partial charge in [0.2, 0.25) is 5.95 Å². The molecule has 0 saturated heterocycles. The summed E-state index contributed by atoms with van der Waals surface area (Å²) in [5.74, 6) is 0.644. The third kappa shape index (κ3) is 5.78. The molecule has 67 heavy (non-hydrogen) atoms. The van der Waals surface area contributed by atoms with Crippen LogP contribution in [-0.4, -0.2) is 19.1 Å². The minimum Gasteiger partial charge on any atom is -0.309 e. The number of para-hydroxylation sites is 2. The Bertz CT molecular complexity index is 4240. The van der Waals surface area contributed by atoms with Gasteiger partial charge in [-0.15, -0.1) is 11.3 Å². The zero-order chi connectivity index (χ0) is 44.0. The fraction of sp³-hybridized carbons (Fsp3) is 0. The predicted molar refractivity (Wildman–Crippen MR) is 283 cm³/mol. The molecule has 0 radical (unpaired) electrons. The molecule has 4 nitrogen and oxygen atoms in total. The van der Waals surface area contributed by atoms with Crippen LogP contribution in [0.4, 0.5) is 0 Å². The molecule has 14 rings (SSSR count). The Balaban J connectivity index is 1.05. The van der Waals surface area contributed by atoms with Crippen LogP contribution in [0.3, 0.4) is 0 Å². The summed E-state index contributed by atoms with van der Waals surface area (Å²) in [6, 6.07) is 83.0. The first-order chi connectivity index (χ1) is 33.3. The zero-order valence-electron chi connectivity index (χ0n) is 36.1. The molecule has 312 valence electrons. The summed E-state index contributed by atoms with van der Waals surface area (Å²) in [6.45, 7) is 0. The maximum Gasteiger partial charge on any atom is 0.235 e. The smallest absolute Gasteiger partial charge is 0.235 e. The second-order valence-electron chi connectivity index (χ2n) is 17.3. The number of thiophene rings is 1. The average molecular weight is 871 g/mol. The van der Waals surface area contributed by atoms with Crippen molar-refractivity contribution in [2.24, 2.45) is 0 Å². The first-order valence-electron chi connectivity index (χ1n) is 22.7. The monoisotopic (exact) mass is 870 g/mol. The van der Waals surface area contributed by atoms with E-state index < -0.39 is 0 Å². The SMILES string of the molecule is c1ccc(-c2sc3c(ccc4nc(-n5c6ccc(-c7cccc8c7c7ccccc7n8-c7ccccc7)cc6c6ccc7ccccc7c65)nc(-c5ccccc5)c43)c2-c2ccccc2)cc1. The second-order valence-corrected chi connectivity index (χ2v) is 18.3. The van der Waals surface area contributed by atoms with E-state index in [4.69, 9.17) is 9.97 Å². The highest BCUT2D eigenvalue weighted by atomic mass is 32.1. The van der Waals surface area contributed by atoms with Gasteiger partial charge in [0.1, 0.15) is 0 Å². The van der Waals surface area contributed by atoms with Gasteiger partial charge in [0, 0.05) is 64.1 Å². The van der Waals surface area contributed by atoms with E-state index in [2.05, 4.69) is 240 Å². The van der Waals surface area contributed by atoms with E-state index >= 15 is 0 Å². The molecule has 0 amide bonds. The molecule has 0 aliphatic heterocycles. The van der Waals surface area contributed by atoms with E-state index in [-0.39, 0.29) is 0 Å². The first kappa shape index (κ1) is 37.7. The van der Waals surface area contributed by atoms with E-state index in [1.807, 2.05) is 11.3 Å². The van der Waals surface area contributed by atoms with Gasteiger partial charge in [-0.3, -0.25) is 4.57 Å². The molecule has 0 fully saturated rings. The molecule has 10 aromatic carbocycles. The highest BCUT2D eigenvalue weighted by Gasteiger charge is 2.24. The molecule has 5 heteroatoms. The standard InChI is InChI=1S/C62H38N4S/c1-5-19-40(20-6-1)55-49-35-36-51-57(61(49)67-60(55)42-23-9-3-10-24-42)58(41-21-7-2-8-22-41)64-62(63-51)66-53-37-33-43(38-50(53)47-34-32-39-18-13-14-27-46(39)59(47)66)45-29-17-31-54-56(45)48-28-15-16-30-52(48)65(54)44-25-11-4-12-26-44/h1-38H. The molecule has 0 saturated carbocycles. The summed E-state index contributed by atoms with van der Waals surface area (Å²) < 4.78 is 5.88. The summed E-state index contributed by atoms with van der Waals surface area (Å²) >= 11 is 1.83. The van der Waals surface area contributed by atoms with Crippen molar-refractivity contribution in [3.63, 3.8) is 0 Å². The normalized spacial score (nSPS) is 11.9. The molecule has 14 aromatic rings. The first-order valence-corrected chi connectivity index (χ1v) is 23.6. The maximum absolute atomic E-state index is 5.70. The number of aromatic nitrogens is 4. The fourth-order valence-corrected chi connectivity index (χ4v) is 12.0. The van der Waals surface area contributed by atoms with Crippen molar-refractivity contribution in [1.29, 1.82) is 0 Å². The topological polar surface area (TPSA) is 35.6 Å². The van der Waals surface area contributed by atoms with E-state index in [0.717, 1.165) is 60.6 Å². The predicted octanol–water partition coefficient (Wildman–Crippen LogP) is 16.9. The van der Waals surface area contributed by atoms with E-state index in [1.165, 1.54) is 64.4 Å². The van der Waals surface area contributed by atoms with Gasteiger partial charge < -0.3 is 4.57 Å². The Morgan fingerprint density at radius 1 is 0.373 bits per heavy atom. The summed E-state index contributed by atoms with van der Waals surface area (Å²) in [7, 11) is 0. The Morgan fingerprint density at radius 3 is 1.81 bits per heavy atom. The van der Waals surface area contributed by atoms with Gasteiger partial charge in [-0.1, -0.05) is 188 Å². The summed E-state index contributed by atoms with van der Waals surface area (Å²) in [4.78, 5) is 12.5. The fourth-order valence-electron chi connectivity index (χ4n) is 10.6. The van der Waals surface area contributed by atoms with Crippen LogP contribution in [0.1, 0.15) is 0 Å². The highest BCUT2D eigenvalue weighted by Crippen LogP contribution is 2.49. The van der Waals surface area contributed by atoms with Gasteiger partial charge in [-0.25, -0.2) is 9.97 Å². The molecular weight excluding hydrogens is 833 g/mol. The summed E-state index contributed by atoms with van der Waals surface area (Å²) in [6.07, 6.45) is 0. The van der Waals surface area contributed by atoms with Crippen LogP contribution < -0.4 is 0 Å². The minimum absolute atomic E-state index is 0.644. The Labute approximate surface area is 389 Å². The van der Waals surface area contributed by atoms with E-state index in [1.54, 1.807) is 0 Å². The molecule has 4 aromatic heterocycles. The van der Waals surface area contributed by atoms with E-state index in [9.17, 15) is 0 Å². The van der Waals surface area contributed by atoms with E-state index in [0.29, 0.717) is 5.95 Å². The molecule has 0 aliphatic carbocycles. The van der Waals surface area contributed by atoms with Crippen molar-refractivity contribution in [1.82, 2.24) is 19.1 Å². The third-order valence-electron chi connectivity index (χ3n) is 13.5. The van der Waals surface area contributed by atoms with Gasteiger partial charge >= 0.3 is 0 Å². The minimum atomic E-state index is 0.644. The zero-order valence-corrected chi connectivity index (χ0v) is 37.0. The van der Waals surface area contributed by atoms with Crippen LogP contribution in [0.5, 0.6) is 0 Å². The van der Waals surface area contributed by atoms with Crippen molar-refractivity contribution in [3.05, 3.63) is 231 Å². The number of nitrogens with zero attached hydrogens (tertiary/aromatic N) is 4. The van der Waals surface area contributed by atoms with Crippen molar-refractivity contribution in [3.8, 4) is 55.6 Å². The van der Waals surface area contributed by atoms with Crippen LogP contribution in [0.15, 0.2) is 231 Å². The van der Waals surface area contributed by atoms with Crippen LogP contribution in [0, 0.1) is 0 Å². The molecular formula is C62H38N4S. The van der Waals surface area contributed by atoms with Crippen molar-refractivity contribution in [2.75, 3.05) is 0 Å². The second kappa shape index (κ2) is 15.0. The lowest BCUT2D eigenvalue weighted by molar-refractivity contribution is 1.02. The Kier molecular flexibility index (Phi) is 8.42. The molecule has 0 spiro atoms.